The Labute approximate surface area is 63.1 Å². The van der Waals surface area contributed by atoms with Gasteiger partial charge in [0, 0.05) is 12.3 Å². The van der Waals surface area contributed by atoms with Crippen molar-refractivity contribution in [2.75, 3.05) is 0 Å². The molecule has 0 atom stereocenters. The van der Waals surface area contributed by atoms with Gasteiger partial charge in [0.15, 0.2) is 0 Å². The van der Waals surface area contributed by atoms with Gasteiger partial charge in [0.1, 0.15) is 0 Å². The zero-order valence-electron chi connectivity index (χ0n) is 4.97. The van der Waals surface area contributed by atoms with Gasteiger partial charge >= 0.3 is 0 Å². The molecular weight excluding hydrogens is 152 g/mol. The smallest absolute Gasteiger partial charge is 0.0989 e. The molecule has 10 heavy (non-hydrogen) atoms. The van der Waals surface area contributed by atoms with Crippen molar-refractivity contribution >= 4 is 11.6 Å². The third kappa shape index (κ3) is 0.798. The summed E-state index contributed by atoms with van der Waals surface area (Å²) in [6, 6.07) is 0. The Balaban J connectivity index is 2.34. The second kappa shape index (κ2) is 2.04. The molecule has 0 aromatic heterocycles. The van der Waals surface area contributed by atoms with E-state index in [0.717, 1.165) is 5.70 Å². The Bertz CT molecular complexity index is 244. The fourth-order valence-electron chi connectivity index (χ4n) is 0.751. The van der Waals surface area contributed by atoms with Gasteiger partial charge in [-0.2, -0.15) is 4.94 Å². The van der Waals surface area contributed by atoms with Crippen molar-refractivity contribution < 1.29 is 4.94 Å². The first kappa shape index (κ1) is 5.82. The lowest BCUT2D eigenvalue weighted by Gasteiger charge is -2.13. The summed E-state index contributed by atoms with van der Waals surface area (Å²) < 4.78 is 0. The number of fused-ring (bicyclic) bond motifs is 1. The SMILES string of the molecule is ClC1=[C]C2=CNON2C=C1. The van der Waals surface area contributed by atoms with Crippen LogP contribution < -0.4 is 5.48 Å². The van der Waals surface area contributed by atoms with Gasteiger partial charge in [-0.3, -0.25) is 0 Å². The summed E-state index contributed by atoms with van der Waals surface area (Å²) in [7, 11) is 0. The average Bonchev–Trinajstić information content (AvgIpc) is 2.33. The monoisotopic (exact) mass is 155 g/mol. The quantitative estimate of drug-likeness (QED) is 0.566. The molecule has 0 saturated heterocycles. The van der Waals surface area contributed by atoms with E-state index in [4.69, 9.17) is 16.5 Å². The van der Waals surface area contributed by atoms with Gasteiger partial charge in [-0.05, 0) is 6.08 Å². The molecule has 0 unspecified atom stereocenters. The Morgan fingerprint density at radius 3 is 3.50 bits per heavy atom. The molecule has 0 amide bonds. The molecule has 0 bridgehead atoms. The largest absolute Gasteiger partial charge is 0.247 e. The first-order chi connectivity index (χ1) is 4.86. The molecule has 1 N–H and O–H groups in total. The minimum absolute atomic E-state index is 0.579. The standard InChI is InChI=1S/C6H4ClN2O/c7-5-1-2-9-6(3-5)4-8-10-9/h1-2,4,8H. The second-order valence-corrected chi connectivity index (χ2v) is 2.26. The van der Waals surface area contributed by atoms with Gasteiger partial charge in [-0.25, -0.2) is 10.5 Å². The maximum absolute atomic E-state index is 5.65. The van der Waals surface area contributed by atoms with Crippen molar-refractivity contribution in [1.29, 1.82) is 0 Å². The predicted octanol–water partition coefficient (Wildman–Crippen LogP) is 1.03. The van der Waals surface area contributed by atoms with Gasteiger partial charge in [-0.1, -0.05) is 11.6 Å². The van der Waals surface area contributed by atoms with Gasteiger partial charge in [-0.15, -0.1) is 0 Å². The van der Waals surface area contributed by atoms with E-state index in [-0.39, 0.29) is 0 Å². The lowest BCUT2D eigenvalue weighted by atomic mass is 10.3. The molecule has 2 heterocycles. The van der Waals surface area contributed by atoms with E-state index in [1.54, 1.807) is 18.5 Å². The number of hydrogen-bond donors (Lipinski definition) is 1. The lowest BCUT2D eigenvalue weighted by Crippen LogP contribution is -2.15. The number of allylic oxidation sites excluding steroid dienone is 3. The van der Waals surface area contributed by atoms with Crippen LogP contribution in [0.3, 0.4) is 0 Å². The average molecular weight is 156 g/mol. The number of rotatable bonds is 0. The highest BCUT2D eigenvalue weighted by atomic mass is 35.5. The molecule has 1 radical (unpaired) electrons. The molecule has 0 saturated carbocycles. The van der Waals surface area contributed by atoms with Gasteiger partial charge in [0.2, 0.25) is 0 Å². The van der Waals surface area contributed by atoms with E-state index in [9.17, 15) is 0 Å². The van der Waals surface area contributed by atoms with E-state index in [2.05, 4.69) is 11.6 Å². The van der Waals surface area contributed by atoms with E-state index in [1.807, 2.05) is 0 Å². The zero-order chi connectivity index (χ0) is 6.97. The maximum Gasteiger partial charge on any atom is 0.0989 e. The number of nitrogens with zero attached hydrogens (tertiary/aromatic N) is 1. The van der Waals surface area contributed by atoms with Crippen molar-refractivity contribution in [3.05, 3.63) is 35.3 Å². The fourth-order valence-corrected chi connectivity index (χ4v) is 0.904. The molecule has 0 aromatic carbocycles. The normalized spacial score (nSPS) is 21.5. The topological polar surface area (TPSA) is 24.5 Å². The first-order valence-electron chi connectivity index (χ1n) is 2.76. The third-order valence-corrected chi connectivity index (χ3v) is 1.41. The summed E-state index contributed by atoms with van der Waals surface area (Å²) in [5, 5.41) is 2.11. The van der Waals surface area contributed by atoms with Crippen molar-refractivity contribution in [3.8, 4) is 0 Å². The predicted molar refractivity (Wildman–Crippen MR) is 35.9 cm³/mol. The summed E-state index contributed by atoms with van der Waals surface area (Å²) in [5.41, 5.74) is 3.35. The minimum atomic E-state index is 0.579. The van der Waals surface area contributed by atoms with E-state index >= 15 is 0 Å². The summed E-state index contributed by atoms with van der Waals surface area (Å²) in [6.07, 6.45) is 7.96. The maximum atomic E-state index is 5.65. The molecule has 2 aliphatic heterocycles. The third-order valence-electron chi connectivity index (χ3n) is 1.19. The molecule has 51 valence electrons. The molecule has 4 heteroatoms. The number of hydrogen-bond acceptors (Lipinski definition) is 3. The van der Waals surface area contributed by atoms with Crippen LogP contribution in [0.25, 0.3) is 0 Å². The molecular formula is C6H4ClN2O. The zero-order valence-corrected chi connectivity index (χ0v) is 5.72. The Kier molecular flexibility index (Phi) is 1.19. The molecule has 0 aromatic rings. The van der Waals surface area contributed by atoms with E-state index in [0.29, 0.717) is 5.03 Å². The van der Waals surface area contributed by atoms with Gasteiger partial charge < -0.3 is 0 Å². The molecule has 0 spiro atoms. The highest BCUT2D eigenvalue weighted by molar-refractivity contribution is 6.31. The van der Waals surface area contributed by atoms with Crippen molar-refractivity contribution in [1.82, 2.24) is 10.5 Å². The molecule has 3 nitrogen and oxygen atoms in total. The minimum Gasteiger partial charge on any atom is -0.247 e. The summed E-state index contributed by atoms with van der Waals surface area (Å²) >= 11 is 5.65. The van der Waals surface area contributed by atoms with Crippen LogP contribution in [0.2, 0.25) is 0 Å². The van der Waals surface area contributed by atoms with E-state index < -0.39 is 0 Å². The van der Waals surface area contributed by atoms with Crippen molar-refractivity contribution in [2.45, 2.75) is 0 Å². The van der Waals surface area contributed by atoms with Crippen LogP contribution in [0.15, 0.2) is 29.2 Å². The van der Waals surface area contributed by atoms with Crippen molar-refractivity contribution in [2.24, 2.45) is 0 Å². The fraction of sp³-hybridized carbons (Fsp3) is 0. The van der Waals surface area contributed by atoms with Crippen LogP contribution in [0.5, 0.6) is 0 Å². The Morgan fingerprint density at radius 2 is 2.60 bits per heavy atom. The number of nitrogens with one attached hydrogen (secondary N) is 1. The summed E-state index contributed by atoms with van der Waals surface area (Å²) in [6.45, 7) is 0. The molecule has 0 fully saturated rings. The van der Waals surface area contributed by atoms with Crippen LogP contribution in [0.4, 0.5) is 0 Å². The Hall–Kier alpha value is -0.930. The highest BCUT2D eigenvalue weighted by Gasteiger charge is 2.15. The van der Waals surface area contributed by atoms with Crippen LogP contribution in [-0.4, -0.2) is 5.06 Å². The first-order valence-corrected chi connectivity index (χ1v) is 3.13. The highest BCUT2D eigenvalue weighted by Crippen LogP contribution is 2.20. The van der Waals surface area contributed by atoms with Crippen LogP contribution in [-0.2, 0) is 4.94 Å². The van der Waals surface area contributed by atoms with Gasteiger partial charge in [0.05, 0.1) is 16.9 Å². The number of hydroxylamine groups is 3. The van der Waals surface area contributed by atoms with Crippen LogP contribution in [0, 0.1) is 6.08 Å². The molecule has 2 rings (SSSR count). The Morgan fingerprint density at radius 1 is 1.70 bits per heavy atom. The van der Waals surface area contributed by atoms with Gasteiger partial charge in [0.25, 0.3) is 0 Å². The van der Waals surface area contributed by atoms with E-state index in [1.165, 1.54) is 5.06 Å². The summed E-state index contributed by atoms with van der Waals surface area (Å²) in [5.74, 6) is 0. The van der Waals surface area contributed by atoms with Crippen molar-refractivity contribution in [3.63, 3.8) is 0 Å². The number of halogens is 1. The second-order valence-electron chi connectivity index (χ2n) is 1.85. The van der Waals surface area contributed by atoms with Crippen LogP contribution in [0.1, 0.15) is 0 Å². The van der Waals surface area contributed by atoms with Crippen LogP contribution >= 0.6 is 11.6 Å². The molecule has 0 aliphatic carbocycles. The molecule has 2 aliphatic rings. The summed E-state index contributed by atoms with van der Waals surface area (Å²) in [4.78, 5) is 4.87. The lowest BCUT2D eigenvalue weighted by molar-refractivity contribution is -0.113.